The summed E-state index contributed by atoms with van der Waals surface area (Å²) >= 11 is 0. The number of nitrogens with two attached hydrogens (primary N) is 1. The maximum Gasteiger partial charge on any atom is 0.105 e. The predicted molar refractivity (Wildman–Crippen MR) is 78.4 cm³/mol. The van der Waals surface area contributed by atoms with Crippen LogP contribution in [-0.2, 0) is 13.0 Å². The van der Waals surface area contributed by atoms with Crippen LogP contribution in [0.5, 0.6) is 0 Å². The van der Waals surface area contributed by atoms with Crippen LogP contribution >= 0.6 is 0 Å². The lowest BCUT2D eigenvalue weighted by Gasteiger charge is -2.31. The van der Waals surface area contributed by atoms with Crippen molar-refractivity contribution in [3.05, 3.63) is 42.0 Å². The maximum absolute atomic E-state index is 5.92. The Morgan fingerprint density at radius 3 is 3.00 bits per heavy atom. The van der Waals surface area contributed by atoms with E-state index in [9.17, 15) is 0 Å². The molecule has 0 amide bonds. The van der Waals surface area contributed by atoms with Crippen LogP contribution in [0, 0.1) is 6.92 Å². The van der Waals surface area contributed by atoms with Crippen molar-refractivity contribution in [2.45, 2.75) is 26.3 Å². The van der Waals surface area contributed by atoms with Crippen molar-refractivity contribution < 1.29 is 0 Å². The molecule has 2 N–H and O–H groups in total. The van der Waals surface area contributed by atoms with Crippen molar-refractivity contribution in [1.82, 2.24) is 9.55 Å². The predicted octanol–water partition coefficient (Wildman–Crippen LogP) is 2.23. The second-order valence-electron chi connectivity index (χ2n) is 5.15. The van der Waals surface area contributed by atoms with E-state index in [1.54, 1.807) is 0 Å². The summed E-state index contributed by atoms with van der Waals surface area (Å²) in [7, 11) is 0. The third kappa shape index (κ3) is 2.43. The first-order chi connectivity index (χ1) is 9.24. The number of nitrogen functional groups attached to an aromatic ring is 1. The van der Waals surface area contributed by atoms with Gasteiger partial charge in [0.2, 0.25) is 0 Å². The molecular formula is C15H20N4. The number of imidazole rings is 1. The van der Waals surface area contributed by atoms with Crippen molar-refractivity contribution in [3.8, 4) is 0 Å². The topological polar surface area (TPSA) is 47.1 Å². The molecule has 0 saturated carbocycles. The number of nitrogens with zero attached hydrogens (tertiary/aromatic N) is 3. The lowest BCUT2D eigenvalue weighted by atomic mass is 10.0. The number of fused-ring (bicyclic) bond motifs is 1. The van der Waals surface area contributed by atoms with Gasteiger partial charge >= 0.3 is 0 Å². The van der Waals surface area contributed by atoms with Gasteiger partial charge in [0.15, 0.2) is 0 Å². The molecule has 0 spiro atoms. The van der Waals surface area contributed by atoms with E-state index in [0.717, 1.165) is 37.6 Å². The smallest absolute Gasteiger partial charge is 0.105 e. The highest BCUT2D eigenvalue weighted by atomic mass is 15.2. The normalized spacial score (nSPS) is 14.5. The highest BCUT2D eigenvalue weighted by Gasteiger charge is 2.16. The summed E-state index contributed by atoms with van der Waals surface area (Å²) in [6.45, 7) is 5.14. The minimum absolute atomic E-state index is 0.851. The molecular weight excluding hydrogens is 236 g/mol. The summed E-state index contributed by atoms with van der Waals surface area (Å²) in [5.41, 5.74) is 9.50. The number of hydrogen-bond acceptors (Lipinski definition) is 3. The van der Waals surface area contributed by atoms with Gasteiger partial charge in [-0.1, -0.05) is 6.07 Å². The molecule has 19 heavy (non-hydrogen) atoms. The van der Waals surface area contributed by atoms with Crippen molar-refractivity contribution in [1.29, 1.82) is 0 Å². The molecule has 2 aromatic rings. The van der Waals surface area contributed by atoms with Gasteiger partial charge in [-0.3, -0.25) is 0 Å². The molecule has 0 fully saturated rings. The van der Waals surface area contributed by atoms with Gasteiger partial charge in [0, 0.05) is 43.4 Å². The number of aryl methyl sites for hydroxylation is 2. The number of hydrogen-bond donors (Lipinski definition) is 1. The third-order valence-corrected chi connectivity index (χ3v) is 3.86. The Balaban J connectivity index is 1.76. The molecule has 1 aliphatic heterocycles. The molecule has 0 bridgehead atoms. The van der Waals surface area contributed by atoms with Gasteiger partial charge in [0.05, 0.1) is 0 Å². The van der Waals surface area contributed by atoms with E-state index >= 15 is 0 Å². The van der Waals surface area contributed by atoms with Gasteiger partial charge in [-0.25, -0.2) is 4.98 Å². The molecule has 1 aliphatic rings. The Morgan fingerprint density at radius 2 is 2.21 bits per heavy atom. The van der Waals surface area contributed by atoms with Crippen LogP contribution in [0.25, 0.3) is 0 Å². The Kier molecular flexibility index (Phi) is 3.15. The molecule has 0 saturated heterocycles. The fraction of sp³-hybridized carbons (Fsp3) is 0.400. The largest absolute Gasteiger partial charge is 0.399 e. The first-order valence-corrected chi connectivity index (χ1v) is 6.85. The second-order valence-corrected chi connectivity index (χ2v) is 5.15. The van der Waals surface area contributed by atoms with E-state index in [0.29, 0.717) is 0 Å². The zero-order valence-electron chi connectivity index (χ0n) is 11.3. The average molecular weight is 256 g/mol. The highest BCUT2D eigenvalue weighted by molar-refractivity contribution is 5.62. The van der Waals surface area contributed by atoms with Gasteiger partial charge in [-0.05, 0) is 37.5 Å². The minimum Gasteiger partial charge on any atom is -0.399 e. The zero-order chi connectivity index (χ0) is 13.2. The highest BCUT2D eigenvalue weighted by Crippen LogP contribution is 2.28. The van der Waals surface area contributed by atoms with Crippen molar-refractivity contribution in [3.63, 3.8) is 0 Å². The molecule has 0 unspecified atom stereocenters. The van der Waals surface area contributed by atoms with Crippen molar-refractivity contribution >= 4 is 11.4 Å². The Hall–Kier alpha value is -1.97. The van der Waals surface area contributed by atoms with Gasteiger partial charge < -0.3 is 15.2 Å². The molecule has 4 nitrogen and oxygen atoms in total. The van der Waals surface area contributed by atoms with E-state index in [4.69, 9.17) is 5.73 Å². The molecule has 1 aromatic carbocycles. The number of aromatic nitrogens is 2. The van der Waals surface area contributed by atoms with Crippen LogP contribution in [0.4, 0.5) is 11.4 Å². The van der Waals surface area contributed by atoms with Crippen molar-refractivity contribution in [2.75, 3.05) is 23.7 Å². The van der Waals surface area contributed by atoms with Gasteiger partial charge in [0.25, 0.3) is 0 Å². The molecule has 100 valence electrons. The number of anilines is 2. The van der Waals surface area contributed by atoms with Crippen LogP contribution in [0.2, 0.25) is 0 Å². The van der Waals surface area contributed by atoms with Gasteiger partial charge in [-0.15, -0.1) is 0 Å². The fourth-order valence-electron chi connectivity index (χ4n) is 2.77. The molecule has 0 atom stereocenters. The van der Waals surface area contributed by atoms with Crippen molar-refractivity contribution in [2.24, 2.45) is 0 Å². The number of benzene rings is 1. The average Bonchev–Trinajstić information content (AvgIpc) is 2.82. The Labute approximate surface area is 113 Å². The summed E-state index contributed by atoms with van der Waals surface area (Å²) in [4.78, 5) is 6.70. The molecule has 0 radical (unpaired) electrons. The number of rotatable bonds is 3. The van der Waals surface area contributed by atoms with E-state index in [-0.39, 0.29) is 0 Å². The fourth-order valence-corrected chi connectivity index (χ4v) is 2.77. The van der Waals surface area contributed by atoms with Gasteiger partial charge in [0.1, 0.15) is 5.82 Å². The van der Waals surface area contributed by atoms with E-state index in [1.807, 2.05) is 25.4 Å². The first-order valence-electron chi connectivity index (χ1n) is 6.85. The molecule has 3 rings (SSSR count). The summed E-state index contributed by atoms with van der Waals surface area (Å²) < 4.78 is 2.20. The van der Waals surface area contributed by atoms with E-state index in [1.165, 1.54) is 17.7 Å². The lowest BCUT2D eigenvalue weighted by Crippen LogP contribution is -2.32. The second kappa shape index (κ2) is 4.96. The van der Waals surface area contributed by atoms with Gasteiger partial charge in [-0.2, -0.15) is 0 Å². The Morgan fingerprint density at radius 1 is 1.32 bits per heavy atom. The van der Waals surface area contributed by atoms with Crippen LogP contribution in [0.15, 0.2) is 30.6 Å². The standard InChI is InChI=1S/C15H20N4/c1-12-17-6-8-18(12)9-10-19-7-2-3-13-4-5-14(16)11-15(13)19/h4-6,8,11H,2-3,7,9-10,16H2,1H3. The Bertz CT molecular complexity index is 573. The van der Waals surface area contributed by atoms with Crippen LogP contribution in [-0.4, -0.2) is 22.6 Å². The molecule has 2 heterocycles. The summed E-state index contributed by atoms with van der Waals surface area (Å²) in [5, 5.41) is 0. The van der Waals surface area contributed by atoms with E-state index < -0.39 is 0 Å². The zero-order valence-corrected chi connectivity index (χ0v) is 11.3. The summed E-state index contributed by atoms with van der Waals surface area (Å²) in [5.74, 6) is 1.07. The third-order valence-electron chi connectivity index (χ3n) is 3.86. The quantitative estimate of drug-likeness (QED) is 0.857. The van der Waals surface area contributed by atoms with Crippen LogP contribution in [0.3, 0.4) is 0 Å². The molecule has 4 heteroatoms. The molecule has 0 aliphatic carbocycles. The summed E-state index contributed by atoms with van der Waals surface area (Å²) in [6, 6.07) is 6.27. The molecule has 1 aromatic heterocycles. The lowest BCUT2D eigenvalue weighted by molar-refractivity contribution is 0.613. The monoisotopic (exact) mass is 256 g/mol. The summed E-state index contributed by atoms with van der Waals surface area (Å²) in [6.07, 6.45) is 6.28. The van der Waals surface area contributed by atoms with Crippen LogP contribution in [0.1, 0.15) is 17.8 Å². The van der Waals surface area contributed by atoms with Crippen LogP contribution < -0.4 is 10.6 Å². The maximum atomic E-state index is 5.92. The first kappa shape index (κ1) is 12.1. The minimum atomic E-state index is 0.851. The SMILES string of the molecule is Cc1nccn1CCN1CCCc2ccc(N)cc21. The van der Waals surface area contributed by atoms with E-state index in [2.05, 4.69) is 26.6 Å².